The molecule has 1 fully saturated rings. The van der Waals surface area contributed by atoms with Gasteiger partial charge in [-0.05, 0) is 37.1 Å². The Labute approximate surface area is 161 Å². The Morgan fingerprint density at radius 2 is 1.63 bits per heavy atom. The summed E-state index contributed by atoms with van der Waals surface area (Å²) in [6.45, 7) is 8.27. The molecule has 0 aromatic heterocycles. The Balaban J connectivity index is 1.52. The number of rotatable bonds is 5. The third-order valence-corrected chi connectivity index (χ3v) is 5.14. The van der Waals surface area contributed by atoms with Crippen LogP contribution in [0.15, 0.2) is 54.6 Å². The first-order valence-electron chi connectivity index (χ1n) is 9.46. The topological polar surface area (TPSA) is 44.8 Å². The number of piperazine rings is 1. The monoisotopic (exact) mass is 367 g/mol. The van der Waals surface area contributed by atoms with Gasteiger partial charge in [-0.3, -0.25) is 4.90 Å². The van der Waals surface area contributed by atoms with E-state index < -0.39 is 5.54 Å². The van der Waals surface area contributed by atoms with Crippen LogP contribution in [0.25, 0.3) is 0 Å². The number of nitrogens with one attached hydrogen (secondary N) is 1. The Morgan fingerprint density at radius 3 is 2.22 bits per heavy atom. The van der Waals surface area contributed by atoms with E-state index in [1.807, 2.05) is 49.1 Å². The van der Waals surface area contributed by atoms with Gasteiger partial charge in [-0.2, -0.15) is 0 Å². The predicted molar refractivity (Wildman–Crippen MR) is 108 cm³/mol. The fraction of sp³-hybridized carbons (Fsp3) is 0.409. The first-order chi connectivity index (χ1) is 13.0. The Kier molecular flexibility index (Phi) is 6.01. The molecule has 1 N–H and O–H groups in total. The number of hydrogen-bond acceptors (Lipinski definition) is 3. The first kappa shape index (κ1) is 19.2. The molecule has 1 aliphatic heterocycles. The molecule has 0 unspecified atom stereocenters. The summed E-state index contributed by atoms with van der Waals surface area (Å²) in [7, 11) is 1.65. The van der Waals surface area contributed by atoms with E-state index in [1.165, 1.54) is 5.56 Å². The van der Waals surface area contributed by atoms with Crippen LogP contribution in [0, 0.1) is 0 Å². The largest absolute Gasteiger partial charge is 0.497 e. The van der Waals surface area contributed by atoms with Gasteiger partial charge in [0, 0.05) is 32.7 Å². The van der Waals surface area contributed by atoms with Crippen molar-refractivity contribution in [2.75, 3.05) is 33.3 Å². The van der Waals surface area contributed by atoms with Gasteiger partial charge in [0.15, 0.2) is 0 Å². The van der Waals surface area contributed by atoms with Gasteiger partial charge in [-0.25, -0.2) is 4.79 Å². The van der Waals surface area contributed by atoms with Gasteiger partial charge < -0.3 is 15.0 Å². The van der Waals surface area contributed by atoms with E-state index in [0.717, 1.165) is 44.0 Å². The summed E-state index contributed by atoms with van der Waals surface area (Å²) in [5, 5.41) is 3.17. The minimum Gasteiger partial charge on any atom is -0.497 e. The van der Waals surface area contributed by atoms with Gasteiger partial charge in [0.05, 0.1) is 12.6 Å². The van der Waals surface area contributed by atoms with E-state index in [1.54, 1.807) is 7.11 Å². The van der Waals surface area contributed by atoms with Crippen molar-refractivity contribution in [1.82, 2.24) is 15.1 Å². The molecule has 5 heteroatoms. The summed E-state index contributed by atoms with van der Waals surface area (Å²) >= 11 is 0. The number of nitrogens with zero attached hydrogens (tertiary/aromatic N) is 2. The zero-order chi connectivity index (χ0) is 19.3. The third kappa shape index (κ3) is 5.01. The van der Waals surface area contributed by atoms with E-state index in [4.69, 9.17) is 4.74 Å². The van der Waals surface area contributed by atoms with Crippen LogP contribution in [0.2, 0.25) is 0 Å². The van der Waals surface area contributed by atoms with E-state index in [0.29, 0.717) is 0 Å². The number of amides is 2. The van der Waals surface area contributed by atoms with E-state index in [9.17, 15) is 4.79 Å². The summed E-state index contributed by atoms with van der Waals surface area (Å²) in [6.07, 6.45) is 0. The molecule has 2 aromatic carbocycles. The van der Waals surface area contributed by atoms with Crippen molar-refractivity contribution in [3.63, 3.8) is 0 Å². The number of carbonyl (C=O) groups is 1. The lowest BCUT2D eigenvalue weighted by molar-refractivity contribution is 0.130. The second-order valence-corrected chi connectivity index (χ2v) is 7.53. The number of benzene rings is 2. The highest BCUT2D eigenvalue weighted by Gasteiger charge is 2.27. The fourth-order valence-corrected chi connectivity index (χ4v) is 3.38. The molecule has 1 aliphatic rings. The van der Waals surface area contributed by atoms with Crippen molar-refractivity contribution >= 4 is 6.03 Å². The Hall–Kier alpha value is -2.53. The van der Waals surface area contributed by atoms with Crippen LogP contribution >= 0.6 is 0 Å². The maximum Gasteiger partial charge on any atom is 0.318 e. The van der Waals surface area contributed by atoms with E-state index >= 15 is 0 Å². The molecule has 0 aliphatic carbocycles. The third-order valence-electron chi connectivity index (χ3n) is 5.14. The lowest BCUT2D eigenvalue weighted by Crippen LogP contribution is -2.54. The van der Waals surface area contributed by atoms with Gasteiger partial charge >= 0.3 is 6.03 Å². The smallest absolute Gasteiger partial charge is 0.318 e. The summed E-state index contributed by atoms with van der Waals surface area (Å²) < 4.78 is 5.21. The lowest BCUT2D eigenvalue weighted by atomic mass is 9.94. The zero-order valence-electron chi connectivity index (χ0n) is 16.4. The summed E-state index contributed by atoms with van der Waals surface area (Å²) in [5.41, 5.74) is 1.93. The standard InChI is InChI=1S/C22H29N3O2/c1-22(2,19-9-11-20(27-3)12-10-19)23-21(26)25-15-13-24(14-16-25)17-18-7-5-4-6-8-18/h4-12H,13-17H2,1-3H3,(H,23,26). The molecule has 1 heterocycles. The maximum absolute atomic E-state index is 12.7. The Morgan fingerprint density at radius 1 is 1.00 bits per heavy atom. The second-order valence-electron chi connectivity index (χ2n) is 7.53. The Bertz CT molecular complexity index is 736. The molecule has 0 bridgehead atoms. The molecule has 0 radical (unpaired) electrons. The van der Waals surface area contributed by atoms with Crippen molar-refractivity contribution < 1.29 is 9.53 Å². The van der Waals surface area contributed by atoms with Crippen molar-refractivity contribution in [2.24, 2.45) is 0 Å². The molecule has 0 atom stereocenters. The number of hydrogen-bond donors (Lipinski definition) is 1. The highest BCUT2D eigenvalue weighted by atomic mass is 16.5. The molecule has 2 amide bonds. The average Bonchev–Trinajstić information content (AvgIpc) is 2.69. The molecule has 0 saturated carbocycles. The lowest BCUT2D eigenvalue weighted by Gasteiger charge is -2.37. The molecular formula is C22H29N3O2. The van der Waals surface area contributed by atoms with Gasteiger partial charge in [0.1, 0.15) is 5.75 Å². The van der Waals surface area contributed by atoms with Crippen molar-refractivity contribution in [3.05, 3.63) is 65.7 Å². The summed E-state index contributed by atoms with van der Waals surface area (Å²) in [5.74, 6) is 0.815. The average molecular weight is 367 g/mol. The number of ether oxygens (including phenoxy) is 1. The normalized spacial score (nSPS) is 15.4. The van der Waals surface area contributed by atoms with Crippen LogP contribution in [0.5, 0.6) is 5.75 Å². The van der Waals surface area contributed by atoms with Gasteiger partial charge in [0.2, 0.25) is 0 Å². The molecule has 2 aromatic rings. The van der Waals surface area contributed by atoms with Crippen LogP contribution in [-0.2, 0) is 12.1 Å². The maximum atomic E-state index is 12.7. The van der Waals surface area contributed by atoms with Gasteiger partial charge in [-0.15, -0.1) is 0 Å². The molecule has 1 saturated heterocycles. The number of urea groups is 1. The van der Waals surface area contributed by atoms with Crippen molar-refractivity contribution in [2.45, 2.75) is 25.9 Å². The number of methoxy groups -OCH3 is 1. The number of carbonyl (C=O) groups excluding carboxylic acids is 1. The van der Waals surface area contributed by atoms with E-state index in [2.05, 4.69) is 34.5 Å². The molecule has 5 nitrogen and oxygen atoms in total. The highest BCUT2D eigenvalue weighted by Crippen LogP contribution is 2.23. The van der Waals surface area contributed by atoms with Gasteiger partial charge in [-0.1, -0.05) is 42.5 Å². The van der Waals surface area contributed by atoms with Gasteiger partial charge in [0.25, 0.3) is 0 Å². The zero-order valence-corrected chi connectivity index (χ0v) is 16.4. The van der Waals surface area contributed by atoms with Crippen LogP contribution in [0.4, 0.5) is 4.79 Å². The summed E-state index contributed by atoms with van der Waals surface area (Å²) in [4.78, 5) is 17.1. The second kappa shape index (κ2) is 8.44. The van der Waals surface area contributed by atoms with Crippen LogP contribution in [0.3, 0.4) is 0 Å². The fourth-order valence-electron chi connectivity index (χ4n) is 3.38. The minimum absolute atomic E-state index is 0.00446. The quantitative estimate of drug-likeness (QED) is 0.880. The van der Waals surface area contributed by atoms with Crippen LogP contribution < -0.4 is 10.1 Å². The SMILES string of the molecule is COc1ccc(C(C)(C)NC(=O)N2CCN(Cc3ccccc3)CC2)cc1. The molecule has 3 rings (SSSR count). The first-order valence-corrected chi connectivity index (χ1v) is 9.46. The summed E-state index contributed by atoms with van der Waals surface area (Å²) in [6, 6.07) is 18.3. The molecule has 144 valence electrons. The predicted octanol–water partition coefficient (Wildman–Crippen LogP) is 3.46. The minimum atomic E-state index is -0.440. The highest BCUT2D eigenvalue weighted by molar-refractivity contribution is 5.75. The molecular weight excluding hydrogens is 338 g/mol. The van der Waals surface area contributed by atoms with Crippen molar-refractivity contribution in [1.29, 1.82) is 0 Å². The molecule has 0 spiro atoms. The van der Waals surface area contributed by atoms with E-state index in [-0.39, 0.29) is 6.03 Å². The van der Waals surface area contributed by atoms with Crippen molar-refractivity contribution in [3.8, 4) is 5.75 Å². The van der Waals surface area contributed by atoms with Crippen LogP contribution in [0.1, 0.15) is 25.0 Å². The van der Waals surface area contributed by atoms with Crippen LogP contribution in [-0.4, -0.2) is 49.1 Å². The molecule has 27 heavy (non-hydrogen) atoms.